The minimum atomic E-state index is -3.05. The van der Waals surface area contributed by atoms with E-state index < -0.39 is 15.8 Å². The van der Waals surface area contributed by atoms with Crippen LogP contribution in [0.1, 0.15) is 38.6 Å². The highest BCUT2D eigenvalue weighted by Crippen LogP contribution is 2.34. The van der Waals surface area contributed by atoms with Gasteiger partial charge < -0.3 is 10.0 Å². The summed E-state index contributed by atoms with van der Waals surface area (Å²) >= 11 is 0.941. The molecule has 0 spiro atoms. The fraction of sp³-hybridized carbons (Fsp3) is 0.538. The maximum Gasteiger partial charge on any atom is 0.345 e. The van der Waals surface area contributed by atoms with Gasteiger partial charge in [-0.05, 0) is 31.4 Å². The minimum Gasteiger partial charge on any atom is -0.477 e. The van der Waals surface area contributed by atoms with E-state index in [0.717, 1.165) is 24.2 Å². The van der Waals surface area contributed by atoms with Crippen molar-refractivity contribution in [1.82, 2.24) is 4.90 Å². The molecule has 1 N–H and O–H groups in total. The summed E-state index contributed by atoms with van der Waals surface area (Å²) in [5.74, 6) is -1.15. The standard InChI is InChI=1S/C13H15NO5S2/c15-12(10-3-4-11(20-10)13(16)17)14(8-1-2-8)9-5-6-21(18,19)7-9/h3-4,8-9H,1-2,5-7H2,(H,16,17)/t9-/m0/s1. The number of amides is 1. The second kappa shape index (κ2) is 5.10. The van der Waals surface area contributed by atoms with Gasteiger partial charge in [-0.15, -0.1) is 11.3 Å². The molecule has 114 valence electrons. The number of rotatable bonds is 4. The van der Waals surface area contributed by atoms with Crippen molar-refractivity contribution in [2.75, 3.05) is 11.5 Å². The Balaban J connectivity index is 1.83. The Morgan fingerprint density at radius 1 is 1.14 bits per heavy atom. The van der Waals surface area contributed by atoms with E-state index in [-0.39, 0.29) is 34.4 Å². The van der Waals surface area contributed by atoms with E-state index in [1.165, 1.54) is 12.1 Å². The molecule has 1 aliphatic carbocycles. The molecule has 0 aromatic carbocycles. The maximum absolute atomic E-state index is 12.6. The first-order valence-corrected chi connectivity index (χ1v) is 9.37. The molecule has 1 aromatic heterocycles. The molecule has 6 nitrogen and oxygen atoms in total. The molecule has 1 aliphatic heterocycles. The lowest BCUT2D eigenvalue weighted by atomic mass is 10.2. The summed E-state index contributed by atoms with van der Waals surface area (Å²) in [6.45, 7) is 0. The zero-order chi connectivity index (χ0) is 15.2. The lowest BCUT2D eigenvalue weighted by molar-refractivity contribution is 0.0682. The van der Waals surface area contributed by atoms with Gasteiger partial charge in [0.25, 0.3) is 5.91 Å². The second-order valence-corrected chi connectivity index (χ2v) is 8.78. The van der Waals surface area contributed by atoms with Crippen LogP contribution in [0.4, 0.5) is 0 Å². The Morgan fingerprint density at radius 3 is 2.29 bits per heavy atom. The van der Waals surface area contributed by atoms with Crippen molar-refractivity contribution < 1.29 is 23.1 Å². The van der Waals surface area contributed by atoms with Gasteiger partial charge in [-0.3, -0.25) is 4.79 Å². The largest absolute Gasteiger partial charge is 0.477 e. The van der Waals surface area contributed by atoms with Gasteiger partial charge in [0.2, 0.25) is 0 Å². The van der Waals surface area contributed by atoms with Crippen LogP contribution in [-0.2, 0) is 9.84 Å². The predicted octanol–water partition coefficient (Wildman–Crippen LogP) is 1.24. The minimum absolute atomic E-state index is 0.0202. The van der Waals surface area contributed by atoms with Crippen molar-refractivity contribution in [3.8, 4) is 0 Å². The maximum atomic E-state index is 12.6. The lowest BCUT2D eigenvalue weighted by Crippen LogP contribution is -2.42. The van der Waals surface area contributed by atoms with E-state index in [1.807, 2.05) is 0 Å². The molecule has 1 aromatic rings. The number of carbonyl (C=O) groups is 2. The summed E-state index contributed by atoms with van der Waals surface area (Å²) < 4.78 is 23.3. The SMILES string of the molecule is O=C(O)c1ccc(C(=O)N(C2CC2)[C@H]2CCS(=O)(=O)C2)s1. The fourth-order valence-corrected chi connectivity index (χ4v) is 5.17. The van der Waals surface area contributed by atoms with Gasteiger partial charge in [-0.1, -0.05) is 0 Å². The molecule has 0 unspecified atom stereocenters. The Hall–Kier alpha value is -1.41. The predicted molar refractivity (Wildman–Crippen MR) is 77.5 cm³/mol. The van der Waals surface area contributed by atoms with Crippen molar-refractivity contribution in [2.45, 2.75) is 31.3 Å². The van der Waals surface area contributed by atoms with Crippen molar-refractivity contribution in [1.29, 1.82) is 0 Å². The number of hydrogen-bond acceptors (Lipinski definition) is 5. The Kier molecular flexibility index (Phi) is 3.53. The summed E-state index contributed by atoms with van der Waals surface area (Å²) in [5, 5.41) is 8.93. The first-order chi connectivity index (χ1) is 9.87. The monoisotopic (exact) mass is 329 g/mol. The zero-order valence-electron chi connectivity index (χ0n) is 11.2. The van der Waals surface area contributed by atoms with Crippen LogP contribution in [0.25, 0.3) is 0 Å². The number of aromatic carboxylic acids is 1. The highest BCUT2D eigenvalue weighted by atomic mass is 32.2. The molecule has 2 aliphatic rings. The Bertz CT molecular complexity index is 689. The van der Waals surface area contributed by atoms with Crippen LogP contribution in [0.2, 0.25) is 0 Å². The van der Waals surface area contributed by atoms with Crippen LogP contribution >= 0.6 is 11.3 Å². The van der Waals surface area contributed by atoms with E-state index in [1.54, 1.807) is 4.90 Å². The molecule has 1 amide bonds. The van der Waals surface area contributed by atoms with Crippen molar-refractivity contribution in [3.63, 3.8) is 0 Å². The average molecular weight is 329 g/mol. The summed E-state index contributed by atoms with van der Waals surface area (Å²) in [4.78, 5) is 25.7. The number of nitrogens with zero attached hydrogens (tertiary/aromatic N) is 1. The number of carbonyl (C=O) groups excluding carboxylic acids is 1. The molecule has 2 fully saturated rings. The average Bonchev–Trinajstić information content (AvgIpc) is 2.98. The van der Waals surface area contributed by atoms with Gasteiger partial charge in [0.1, 0.15) is 4.88 Å². The summed E-state index contributed by atoms with van der Waals surface area (Å²) in [6.07, 6.45) is 2.25. The zero-order valence-corrected chi connectivity index (χ0v) is 12.8. The summed E-state index contributed by atoms with van der Waals surface area (Å²) in [6, 6.07) is 2.75. The van der Waals surface area contributed by atoms with Crippen molar-refractivity contribution in [2.24, 2.45) is 0 Å². The van der Waals surface area contributed by atoms with Gasteiger partial charge in [0.15, 0.2) is 9.84 Å². The van der Waals surface area contributed by atoms with Crippen LogP contribution in [-0.4, -0.2) is 53.9 Å². The van der Waals surface area contributed by atoms with E-state index in [0.29, 0.717) is 11.3 Å². The topological polar surface area (TPSA) is 91.8 Å². The number of carboxylic acid groups (broad SMARTS) is 1. The first-order valence-electron chi connectivity index (χ1n) is 6.73. The van der Waals surface area contributed by atoms with Gasteiger partial charge in [-0.25, -0.2) is 13.2 Å². The number of thiophene rings is 1. The van der Waals surface area contributed by atoms with Crippen LogP contribution in [0.15, 0.2) is 12.1 Å². The van der Waals surface area contributed by atoms with Crippen LogP contribution in [0.3, 0.4) is 0 Å². The van der Waals surface area contributed by atoms with Crippen molar-refractivity contribution >= 4 is 33.1 Å². The first kappa shape index (κ1) is 14.5. The van der Waals surface area contributed by atoms with Crippen LogP contribution < -0.4 is 0 Å². The Labute approximate surface area is 126 Å². The summed E-state index contributed by atoms with van der Waals surface area (Å²) in [5.41, 5.74) is 0. The third-order valence-electron chi connectivity index (χ3n) is 3.80. The fourth-order valence-electron chi connectivity index (χ4n) is 2.67. The van der Waals surface area contributed by atoms with E-state index in [4.69, 9.17) is 5.11 Å². The Morgan fingerprint density at radius 2 is 1.81 bits per heavy atom. The van der Waals surface area contributed by atoms with E-state index in [2.05, 4.69) is 0 Å². The molecule has 1 saturated heterocycles. The molecule has 1 atom stereocenters. The van der Waals surface area contributed by atoms with Gasteiger partial charge in [0.05, 0.1) is 16.4 Å². The number of sulfone groups is 1. The van der Waals surface area contributed by atoms with Gasteiger partial charge >= 0.3 is 5.97 Å². The second-order valence-electron chi connectivity index (χ2n) is 5.47. The normalized spacial score (nSPS) is 23.9. The van der Waals surface area contributed by atoms with Gasteiger partial charge in [0, 0.05) is 12.1 Å². The molecule has 21 heavy (non-hydrogen) atoms. The highest BCUT2D eigenvalue weighted by molar-refractivity contribution is 7.91. The lowest BCUT2D eigenvalue weighted by Gasteiger charge is -2.27. The molecule has 2 heterocycles. The molecule has 0 bridgehead atoms. The smallest absolute Gasteiger partial charge is 0.345 e. The molecule has 8 heteroatoms. The van der Waals surface area contributed by atoms with Crippen LogP contribution in [0.5, 0.6) is 0 Å². The number of hydrogen-bond donors (Lipinski definition) is 1. The van der Waals surface area contributed by atoms with E-state index >= 15 is 0 Å². The summed E-state index contributed by atoms with van der Waals surface area (Å²) in [7, 11) is -3.05. The molecule has 0 radical (unpaired) electrons. The van der Waals surface area contributed by atoms with Crippen LogP contribution in [0, 0.1) is 0 Å². The number of carboxylic acids is 1. The van der Waals surface area contributed by atoms with Gasteiger partial charge in [-0.2, -0.15) is 0 Å². The molecule has 1 saturated carbocycles. The molecule has 3 rings (SSSR count). The highest BCUT2D eigenvalue weighted by Gasteiger charge is 2.42. The van der Waals surface area contributed by atoms with Crippen molar-refractivity contribution in [3.05, 3.63) is 21.9 Å². The molecular weight excluding hydrogens is 314 g/mol. The molecular formula is C13H15NO5S2. The quantitative estimate of drug-likeness (QED) is 0.897. The van der Waals surface area contributed by atoms with E-state index in [9.17, 15) is 18.0 Å². The third-order valence-corrected chi connectivity index (χ3v) is 6.62. The third kappa shape index (κ3) is 2.96.